The number of carbonyl (C=O) groups excluding carboxylic acids is 1. The van der Waals surface area contributed by atoms with Crippen molar-refractivity contribution in [3.05, 3.63) is 41.7 Å². The first-order valence-electron chi connectivity index (χ1n) is 6.76. The monoisotopic (exact) mass is 272 g/mol. The number of nitrogens with one attached hydrogen (secondary N) is 1. The van der Waals surface area contributed by atoms with E-state index in [2.05, 4.69) is 24.3 Å². The summed E-state index contributed by atoms with van der Waals surface area (Å²) in [5, 5.41) is 7.27. The summed E-state index contributed by atoms with van der Waals surface area (Å²) in [6.07, 6.45) is 1.86. The fourth-order valence-corrected chi connectivity index (χ4v) is 1.93. The Bertz CT molecular complexity index is 616. The van der Waals surface area contributed by atoms with E-state index in [0.717, 1.165) is 11.4 Å². The van der Waals surface area contributed by atoms with Crippen LogP contribution in [0.4, 0.5) is 5.69 Å². The summed E-state index contributed by atoms with van der Waals surface area (Å²) < 4.78 is 1.72. The zero-order valence-corrected chi connectivity index (χ0v) is 12.1. The van der Waals surface area contributed by atoms with Crippen LogP contribution in [0.1, 0.15) is 42.7 Å². The lowest BCUT2D eigenvalue weighted by Gasteiger charge is -2.09. The molecule has 3 N–H and O–H groups in total. The van der Waals surface area contributed by atoms with E-state index >= 15 is 0 Å². The van der Waals surface area contributed by atoms with Gasteiger partial charge in [-0.3, -0.25) is 4.79 Å². The average molecular weight is 272 g/mol. The number of rotatable bonds is 4. The van der Waals surface area contributed by atoms with Gasteiger partial charge in [-0.2, -0.15) is 5.10 Å². The average Bonchev–Trinajstić information content (AvgIpc) is 2.89. The maximum Gasteiger partial charge on any atom is 0.251 e. The van der Waals surface area contributed by atoms with Crippen LogP contribution in [0.3, 0.4) is 0 Å². The van der Waals surface area contributed by atoms with Crippen molar-refractivity contribution in [3.63, 3.8) is 0 Å². The summed E-state index contributed by atoms with van der Waals surface area (Å²) in [5.74, 6) is 0.244. The number of hydrogen-bond donors (Lipinski definition) is 2. The Morgan fingerprint density at radius 3 is 2.75 bits per heavy atom. The van der Waals surface area contributed by atoms with Crippen molar-refractivity contribution in [2.45, 2.75) is 26.7 Å². The van der Waals surface area contributed by atoms with Gasteiger partial charge in [0, 0.05) is 18.3 Å². The Kier molecular flexibility index (Phi) is 4.08. The molecule has 5 heteroatoms. The van der Waals surface area contributed by atoms with Gasteiger partial charge in [0.25, 0.3) is 5.91 Å². The maximum atomic E-state index is 11.9. The predicted molar refractivity (Wildman–Crippen MR) is 80.1 cm³/mol. The second kappa shape index (κ2) is 5.77. The molecule has 0 fully saturated rings. The zero-order chi connectivity index (χ0) is 14.7. The summed E-state index contributed by atoms with van der Waals surface area (Å²) >= 11 is 0. The summed E-state index contributed by atoms with van der Waals surface area (Å²) in [6.45, 7) is 6.65. The summed E-state index contributed by atoms with van der Waals surface area (Å²) in [5.41, 5.74) is 8.88. The quantitative estimate of drug-likeness (QED) is 0.839. The van der Waals surface area contributed by atoms with E-state index in [4.69, 9.17) is 5.73 Å². The molecule has 0 radical (unpaired) electrons. The minimum atomic E-state index is -0.106. The fourth-order valence-electron chi connectivity index (χ4n) is 1.93. The minimum Gasteiger partial charge on any atom is -0.397 e. The number of nitrogens with zero attached hydrogens (tertiary/aromatic N) is 2. The number of amides is 1. The summed E-state index contributed by atoms with van der Waals surface area (Å²) in [7, 11) is 0. The van der Waals surface area contributed by atoms with Gasteiger partial charge in [0.05, 0.1) is 17.1 Å². The molecule has 0 unspecified atom stereocenters. The Balaban J connectivity index is 2.39. The lowest BCUT2D eigenvalue weighted by molar-refractivity contribution is 0.0956. The Morgan fingerprint density at radius 1 is 1.40 bits per heavy atom. The van der Waals surface area contributed by atoms with Crippen LogP contribution in [0.15, 0.2) is 30.5 Å². The number of hydrogen-bond acceptors (Lipinski definition) is 3. The first-order valence-corrected chi connectivity index (χ1v) is 6.76. The highest BCUT2D eigenvalue weighted by Crippen LogP contribution is 2.20. The van der Waals surface area contributed by atoms with Gasteiger partial charge in [-0.05, 0) is 37.1 Å². The third-order valence-corrected chi connectivity index (χ3v) is 3.08. The highest BCUT2D eigenvalue weighted by molar-refractivity contribution is 5.95. The number of aromatic nitrogens is 2. The molecule has 20 heavy (non-hydrogen) atoms. The van der Waals surface area contributed by atoms with E-state index in [-0.39, 0.29) is 5.91 Å². The molecule has 0 atom stereocenters. The van der Waals surface area contributed by atoms with E-state index < -0.39 is 0 Å². The minimum absolute atomic E-state index is 0.106. The van der Waals surface area contributed by atoms with Crippen molar-refractivity contribution in [2.24, 2.45) is 0 Å². The predicted octanol–water partition coefficient (Wildman–Crippen LogP) is 2.33. The molecular weight excluding hydrogens is 252 g/mol. The molecule has 0 aliphatic heterocycles. The standard InChI is InChI=1S/C15H20N4O/c1-4-17-15(20)11-5-6-12(16)14(9-11)19-8-7-13(18-19)10(2)3/h5-10H,4,16H2,1-3H3,(H,17,20). The van der Waals surface area contributed by atoms with E-state index in [1.54, 1.807) is 22.9 Å². The molecule has 2 aromatic rings. The van der Waals surface area contributed by atoms with Crippen molar-refractivity contribution in [1.29, 1.82) is 0 Å². The third-order valence-electron chi connectivity index (χ3n) is 3.08. The van der Waals surface area contributed by atoms with Gasteiger partial charge in [0.2, 0.25) is 0 Å². The van der Waals surface area contributed by atoms with Gasteiger partial charge in [0.15, 0.2) is 0 Å². The number of nitrogen functional groups attached to an aromatic ring is 1. The zero-order valence-electron chi connectivity index (χ0n) is 12.1. The lowest BCUT2D eigenvalue weighted by atomic mass is 10.1. The van der Waals surface area contributed by atoms with Crippen LogP contribution in [0.25, 0.3) is 5.69 Å². The molecule has 0 aliphatic rings. The van der Waals surface area contributed by atoms with Gasteiger partial charge in [-0.25, -0.2) is 4.68 Å². The van der Waals surface area contributed by atoms with Gasteiger partial charge >= 0.3 is 0 Å². The second-order valence-corrected chi connectivity index (χ2v) is 4.97. The second-order valence-electron chi connectivity index (χ2n) is 4.97. The van der Waals surface area contributed by atoms with E-state index in [0.29, 0.717) is 23.7 Å². The molecule has 2 rings (SSSR count). The number of anilines is 1. The van der Waals surface area contributed by atoms with Crippen LogP contribution >= 0.6 is 0 Å². The maximum absolute atomic E-state index is 11.9. The largest absolute Gasteiger partial charge is 0.397 e. The normalized spacial score (nSPS) is 10.8. The van der Waals surface area contributed by atoms with Crippen LogP contribution in [-0.2, 0) is 0 Å². The van der Waals surface area contributed by atoms with Crippen LogP contribution in [0, 0.1) is 0 Å². The molecule has 106 valence electrons. The SMILES string of the molecule is CCNC(=O)c1ccc(N)c(-n2ccc(C(C)C)n2)c1. The molecule has 0 saturated carbocycles. The molecule has 0 spiro atoms. The number of benzene rings is 1. The molecule has 1 aromatic heterocycles. The molecule has 1 amide bonds. The van der Waals surface area contributed by atoms with E-state index in [9.17, 15) is 4.79 Å². The third kappa shape index (κ3) is 2.82. The van der Waals surface area contributed by atoms with E-state index in [1.807, 2.05) is 19.2 Å². The highest BCUT2D eigenvalue weighted by Gasteiger charge is 2.11. The summed E-state index contributed by atoms with van der Waals surface area (Å²) in [6, 6.07) is 7.17. The van der Waals surface area contributed by atoms with Gasteiger partial charge in [-0.1, -0.05) is 13.8 Å². The molecule has 0 aliphatic carbocycles. The van der Waals surface area contributed by atoms with Crippen molar-refractivity contribution < 1.29 is 4.79 Å². The fraction of sp³-hybridized carbons (Fsp3) is 0.333. The van der Waals surface area contributed by atoms with Crippen molar-refractivity contribution >= 4 is 11.6 Å². The molecule has 0 saturated heterocycles. The topological polar surface area (TPSA) is 72.9 Å². The number of carbonyl (C=O) groups is 1. The van der Waals surface area contributed by atoms with Crippen LogP contribution in [0.2, 0.25) is 0 Å². The molecule has 0 bridgehead atoms. The molecule has 5 nitrogen and oxygen atoms in total. The first kappa shape index (κ1) is 14.1. The smallest absolute Gasteiger partial charge is 0.251 e. The number of nitrogens with two attached hydrogens (primary N) is 1. The van der Waals surface area contributed by atoms with Crippen molar-refractivity contribution in [3.8, 4) is 5.69 Å². The molecule has 1 aromatic carbocycles. The Morgan fingerprint density at radius 2 is 2.15 bits per heavy atom. The molecular formula is C15H20N4O. The lowest BCUT2D eigenvalue weighted by Crippen LogP contribution is -2.22. The van der Waals surface area contributed by atoms with E-state index in [1.165, 1.54) is 0 Å². The van der Waals surface area contributed by atoms with Gasteiger partial charge in [0.1, 0.15) is 0 Å². The van der Waals surface area contributed by atoms with Gasteiger partial charge < -0.3 is 11.1 Å². The van der Waals surface area contributed by atoms with Crippen LogP contribution < -0.4 is 11.1 Å². The Labute approximate surface area is 118 Å². The summed E-state index contributed by atoms with van der Waals surface area (Å²) in [4.78, 5) is 11.9. The van der Waals surface area contributed by atoms with Gasteiger partial charge in [-0.15, -0.1) is 0 Å². The van der Waals surface area contributed by atoms with Crippen molar-refractivity contribution in [2.75, 3.05) is 12.3 Å². The van der Waals surface area contributed by atoms with Crippen LogP contribution in [-0.4, -0.2) is 22.2 Å². The van der Waals surface area contributed by atoms with Crippen molar-refractivity contribution in [1.82, 2.24) is 15.1 Å². The molecule has 1 heterocycles. The first-order chi connectivity index (χ1) is 9.52. The van der Waals surface area contributed by atoms with Crippen LogP contribution in [0.5, 0.6) is 0 Å². The Hall–Kier alpha value is -2.30. The highest BCUT2D eigenvalue weighted by atomic mass is 16.1.